The van der Waals surface area contributed by atoms with Crippen molar-refractivity contribution >= 4 is 31.7 Å². The number of allylic oxidation sites excluding steroid dienone is 16. The van der Waals surface area contributed by atoms with Crippen LogP contribution in [0.2, 0.25) is 9.26 Å². The molecule has 2 aromatic carbocycles. The van der Waals surface area contributed by atoms with E-state index in [1.807, 2.05) is 6.56 Å². The SMILES string of the molecule is CC(C)CC1=[C]([Zr]([CH3])([CH3])(=[SiH2])[C]2=C(CC(C)C)C=C3C2=CC2=C(CCC2)C3c2ccc(C(C)(C)C)cc2)C2=CC3=C(CCC3)C(c3ccc(C(C)(C)C)cc3)C2=C1.Cl.Cl. The molecule has 0 N–H and O–H groups in total. The van der Waals surface area contributed by atoms with Gasteiger partial charge < -0.3 is 0 Å². The zero-order valence-electron chi connectivity index (χ0n) is 37.9. The Kier molecular flexibility index (Phi) is 12.6. The van der Waals surface area contributed by atoms with E-state index in [-0.39, 0.29) is 35.6 Å². The van der Waals surface area contributed by atoms with Crippen LogP contribution in [-0.2, 0) is 28.2 Å². The molecule has 58 heavy (non-hydrogen) atoms. The molecule has 0 fully saturated rings. The zero-order valence-corrected chi connectivity index (χ0v) is 43.4. The number of hydrogen-bond acceptors (Lipinski definition) is 0. The molecule has 0 bridgehead atoms. The minimum Gasteiger partial charge on any atom is -0.147 e. The van der Waals surface area contributed by atoms with Crippen LogP contribution in [0.15, 0.2) is 135 Å². The van der Waals surface area contributed by atoms with Crippen molar-refractivity contribution in [3.8, 4) is 0 Å². The molecule has 310 valence electrons. The Labute approximate surface area is 368 Å². The van der Waals surface area contributed by atoms with Crippen molar-refractivity contribution < 1.29 is 17.4 Å². The van der Waals surface area contributed by atoms with Crippen LogP contribution in [0.4, 0.5) is 0 Å². The van der Waals surface area contributed by atoms with Crippen LogP contribution in [0.1, 0.15) is 155 Å². The summed E-state index contributed by atoms with van der Waals surface area (Å²) < 4.78 is 9.31. The van der Waals surface area contributed by atoms with Gasteiger partial charge in [0.2, 0.25) is 0 Å². The van der Waals surface area contributed by atoms with E-state index in [4.69, 9.17) is 0 Å². The molecule has 0 radical (unpaired) electrons. The molecule has 0 heterocycles. The molecular formula is C54H72Cl2SiZr. The Morgan fingerprint density at radius 2 is 0.897 bits per heavy atom. The van der Waals surface area contributed by atoms with Gasteiger partial charge in [0.1, 0.15) is 0 Å². The van der Waals surface area contributed by atoms with Gasteiger partial charge >= 0.3 is 346 Å². The van der Waals surface area contributed by atoms with E-state index < -0.39 is 17.4 Å². The molecule has 4 heteroatoms. The fourth-order valence-electron chi connectivity index (χ4n) is 11.7. The molecule has 0 amide bonds. The molecule has 0 nitrogen and oxygen atoms in total. The van der Waals surface area contributed by atoms with E-state index >= 15 is 0 Å². The maximum atomic E-state index is 2.84. The Hall–Kier alpha value is -1.96. The number of hydrogen-bond donors (Lipinski definition) is 0. The third-order valence-electron chi connectivity index (χ3n) is 14.1. The molecule has 6 aliphatic rings. The minimum atomic E-state index is -4.03. The summed E-state index contributed by atoms with van der Waals surface area (Å²) in [7, 11) is 0. The molecule has 2 aromatic rings. The van der Waals surface area contributed by atoms with Crippen molar-refractivity contribution in [2.45, 2.75) is 153 Å². The van der Waals surface area contributed by atoms with Crippen molar-refractivity contribution in [3.63, 3.8) is 0 Å². The Bertz CT molecular complexity index is 2160. The van der Waals surface area contributed by atoms with Gasteiger partial charge in [-0.1, -0.05) is 0 Å². The van der Waals surface area contributed by atoms with Crippen molar-refractivity contribution in [2.75, 3.05) is 0 Å². The first-order valence-corrected chi connectivity index (χ1v) is 35.6. The number of halogens is 2. The minimum absolute atomic E-state index is 0. The second kappa shape index (κ2) is 16.1. The Balaban J connectivity index is 0.00000283. The standard InChI is InChI=1S/2C26H31.2CH3.2ClH.H2Si.Zr/c2*1-17(2)13-18-14-21-16-20-7-6-8-23(20)25(24(21)15-18)19-9-11-22(12-10-19)26(3,4)5;;;;;;/h2*9-12,15-17,25H,6-8,13H2,1-5H3;2*1H3;2*1H;1H2;. The summed E-state index contributed by atoms with van der Waals surface area (Å²) in [6.45, 7) is 26.3. The molecule has 0 aliphatic heterocycles. The molecule has 2 unspecified atom stereocenters. The first kappa shape index (κ1) is 45.6. The van der Waals surface area contributed by atoms with Crippen LogP contribution in [0.3, 0.4) is 0 Å². The van der Waals surface area contributed by atoms with Crippen molar-refractivity contribution in [2.24, 2.45) is 11.8 Å². The van der Waals surface area contributed by atoms with E-state index in [9.17, 15) is 0 Å². The second-order valence-corrected chi connectivity index (χ2v) is 50.6. The van der Waals surface area contributed by atoms with E-state index in [1.54, 1.807) is 55.7 Å². The van der Waals surface area contributed by atoms with Crippen LogP contribution in [0.25, 0.3) is 0 Å². The quantitative estimate of drug-likeness (QED) is 0.232. The van der Waals surface area contributed by atoms with E-state index in [1.165, 1.54) is 60.8 Å². The van der Waals surface area contributed by atoms with Crippen LogP contribution >= 0.6 is 24.8 Å². The van der Waals surface area contributed by atoms with Gasteiger partial charge in [-0.05, 0) is 0 Å². The maximum Gasteiger partial charge on any atom is -0.147 e. The molecule has 0 spiro atoms. The van der Waals surface area contributed by atoms with Gasteiger partial charge in [0.15, 0.2) is 0 Å². The molecule has 6 aliphatic carbocycles. The molecule has 8 rings (SSSR count). The third-order valence-corrected chi connectivity index (χ3v) is 29.1. The summed E-state index contributed by atoms with van der Waals surface area (Å²) in [6.07, 6.45) is 20.8. The average molecular weight is 911 g/mol. The predicted octanol–water partition coefficient (Wildman–Crippen LogP) is 15.6. The van der Waals surface area contributed by atoms with Crippen molar-refractivity contribution in [1.29, 1.82) is 0 Å². The first-order valence-electron chi connectivity index (χ1n) is 22.3. The van der Waals surface area contributed by atoms with Gasteiger partial charge in [0, 0.05) is 0 Å². The van der Waals surface area contributed by atoms with Gasteiger partial charge in [0.25, 0.3) is 0 Å². The summed E-state index contributed by atoms with van der Waals surface area (Å²) >= 11 is -4.03. The first-order chi connectivity index (χ1) is 26.2. The molecule has 0 saturated carbocycles. The summed E-state index contributed by atoms with van der Waals surface area (Å²) in [5.41, 5.74) is 22.7. The molecule has 0 aromatic heterocycles. The van der Waals surface area contributed by atoms with E-state index in [0.717, 1.165) is 12.8 Å². The third kappa shape index (κ3) is 7.98. The fraction of sp³-hybridized carbons (Fsp3) is 0.481. The fourth-order valence-corrected chi connectivity index (χ4v) is 28.5. The van der Waals surface area contributed by atoms with Crippen LogP contribution in [-0.4, -0.2) is 6.88 Å². The Morgan fingerprint density at radius 1 is 0.552 bits per heavy atom. The monoisotopic (exact) mass is 908 g/mol. The summed E-state index contributed by atoms with van der Waals surface area (Å²) in [4.78, 5) is 0. The van der Waals surface area contributed by atoms with Gasteiger partial charge in [-0.15, -0.1) is 24.8 Å². The Morgan fingerprint density at radius 3 is 1.21 bits per heavy atom. The van der Waals surface area contributed by atoms with Gasteiger partial charge in [-0.3, -0.25) is 0 Å². The summed E-state index contributed by atoms with van der Waals surface area (Å²) in [5.74, 6) is 1.96. The topological polar surface area (TPSA) is 0 Å². The number of rotatable bonds is 8. The maximum absolute atomic E-state index is 4.03. The second-order valence-electron chi connectivity index (χ2n) is 22.4. The molecular weight excluding hydrogens is 839 g/mol. The number of fused-ring (bicyclic) bond motifs is 2. The average Bonchev–Trinajstić information content (AvgIpc) is 3.90. The normalized spacial score (nSPS) is 22.1. The predicted molar refractivity (Wildman–Crippen MR) is 258 cm³/mol. The van der Waals surface area contributed by atoms with Gasteiger partial charge in [-0.25, -0.2) is 0 Å². The van der Waals surface area contributed by atoms with Crippen LogP contribution in [0.5, 0.6) is 0 Å². The van der Waals surface area contributed by atoms with Crippen LogP contribution in [0, 0.1) is 11.8 Å². The zero-order chi connectivity index (χ0) is 40.1. The van der Waals surface area contributed by atoms with Crippen molar-refractivity contribution in [1.82, 2.24) is 0 Å². The molecule has 0 saturated heterocycles. The van der Waals surface area contributed by atoms with Crippen molar-refractivity contribution in [3.05, 3.63) is 157 Å². The van der Waals surface area contributed by atoms with Gasteiger partial charge in [0.05, 0.1) is 0 Å². The summed E-state index contributed by atoms with van der Waals surface area (Å²) in [5, 5.41) is 0. The van der Waals surface area contributed by atoms with Gasteiger partial charge in [-0.2, -0.15) is 0 Å². The molecule has 2 atom stereocenters. The number of benzene rings is 2. The van der Waals surface area contributed by atoms with E-state index in [0.29, 0.717) is 23.7 Å². The summed E-state index contributed by atoms with van der Waals surface area (Å²) in [6, 6.07) is 19.7. The van der Waals surface area contributed by atoms with Crippen LogP contribution < -0.4 is 0 Å². The van der Waals surface area contributed by atoms with E-state index in [2.05, 4.69) is 158 Å². The largest absolute Gasteiger partial charge is 0.147 e. The smallest absolute Gasteiger partial charge is 0.147 e.